The molecule has 1 aliphatic heterocycles. The maximum Gasteiger partial charge on any atom is 0.293 e. The highest BCUT2D eigenvalue weighted by molar-refractivity contribution is 7.13. The topological polar surface area (TPSA) is 91.6 Å². The third kappa shape index (κ3) is 4.02. The molecular weight excluding hydrogens is 366 g/mol. The molecule has 4 rings (SSSR count). The van der Waals surface area contributed by atoms with Crippen molar-refractivity contribution in [3.8, 4) is 0 Å². The van der Waals surface area contributed by atoms with E-state index in [9.17, 15) is 14.9 Å². The Labute approximate surface area is 161 Å². The second-order valence-corrected chi connectivity index (χ2v) is 7.72. The first-order valence-corrected chi connectivity index (χ1v) is 9.98. The van der Waals surface area contributed by atoms with E-state index >= 15 is 0 Å². The van der Waals surface area contributed by atoms with Crippen LogP contribution in [0, 0.1) is 10.1 Å². The van der Waals surface area contributed by atoms with E-state index in [0.717, 1.165) is 44.0 Å². The molecule has 0 radical (unpaired) electrons. The highest BCUT2D eigenvalue weighted by Crippen LogP contribution is 2.31. The molecule has 0 bridgehead atoms. The van der Waals surface area contributed by atoms with Crippen LogP contribution in [0.4, 0.5) is 16.5 Å². The van der Waals surface area contributed by atoms with E-state index in [4.69, 9.17) is 0 Å². The molecule has 0 unspecified atom stereocenters. The van der Waals surface area contributed by atoms with Crippen molar-refractivity contribution in [2.75, 3.05) is 36.0 Å². The van der Waals surface area contributed by atoms with E-state index < -0.39 is 4.92 Å². The Morgan fingerprint density at radius 3 is 2.70 bits per heavy atom. The van der Waals surface area contributed by atoms with E-state index in [-0.39, 0.29) is 17.6 Å². The van der Waals surface area contributed by atoms with Crippen molar-refractivity contribution >= 4 is 33.8 Å². The van der Waals surface area contributed by atoms with Crippen LogP contribution in [0.2, 0.25) is 0 Å². The van der Waals surface area contributed by atoms with Crippen molar-refractivity contribution in [1.29, 1.82) is 0 Å². The van der Waals surface area contributed by atoms with Gasteiger partial charge in [0, 0.05) is 55.4 Å². The second-order valence-electron chi connectivity index (χ2n) is 6.85. The Bertz CT molecular complexity index is 838. The number of nitro benzene ring substituents is 1. The lowest BCUT2D eigenvalue weighted by atomic mass is 10.1. The van der Waals surface area contributed by atoms with Crippen molar-refractivity contribution in [3.05, 3.63) is 45.5 Å². The number of carbonyl (C=O) groups excluding carboxylic acids is 1. The molecule has 2 heterocycles. The number of rotatable bonds is 5. The molecule has 8 nitrogen and oxygen atoms in total. The Hall–Kier alpha value is -2.68. The Morgan fingerprint density at radius 2 is 2.00 bits per heavy atom. The first kappa shape index (κ1) is 17.7. The normalized spacial score (nSPS) is 17.5. The van der Waals surface area contributed by atoms with E-state index in [0.29, 0.717) is 17.8 Å². The zero-order chi connectivity index (χ0) is 18.8. The molecule has 0 atom stereocenters. The first-order chi connectivity index (χ1) is 13.1. The summed E-state index contributed by atoms with van der Waals surface area (Å²) in [5.74, 6) is -0.238. The molecule has 1 saturated carbocycles. The number of thiazole rings is 1. The molecule has 1 aromatic heterocycles. The molecule has 0 spiro atoms. The average Bonchev–Trinajstić information content (AvgIpc) is 3.38. The molecule has 1 aromatic carbocycles. The third-order valence-corrected chi connectivity index (χ3v) is 5.71. The molecule has 27 heavy (non-hydrogen) atoms. The van der Waals surface area contributed by atoms with Crippen molar-refractivity contribution in [2.45, 2.75) is 25.3 Å². The molecule has 2 aliphatic rings. The van der Waals surface area contributed by atoms with Gasteiger partial charge in [0.25, 0.3) is 11.6 Å². The van der Waals surface area contributed by atoms with Gasteiger partial charge in [-0.05, 0) is 31.4 Å². The predicted octanol–water partition coefficient (Wildman–Crippen LogP) is 2.66. The molecule has 9 heteroatoms. The van der Waals surface area contributed by atoms with Crippen LogP contribution in [-0.4, -0.2) is 48.0 Å². The molecule has 2 fully saturated rings. The minimum absolute atomic E-state index is 0.0128. The van der Waals surface area contributed by atoms with Crippen molar-refractivity contribution in [1.82, 2.24) is 10.3 Å². The fourth-order valence-corrected chi connectivity index (χ4v) is 3.99. The maximum atomic E-state index is 12.2. The lowest BCUT2D eigenvalue weighted by Gasteiger charge is -2.23. The van der Waals surface area contributed by atoms with Crippen LogP contribution >= 0.6 is 11.3 Å². The maximum absolute atomic E-state index is 12.2. The largest absolute Gasteiger partial charge is 0.364 e. The van der Waals surface area contributed by atoms with Crippen LogP contribution in [0.5, 0.6) is 0 Å². The van der Waals surface area contributed by atoms with Gasteiger partial charge < -0.3 is 15.1 Å². The Morgan fingerprint density at radius 1 is 1.22 bits per heavy atom. The van der Waals surface area contributed by atoms with Crippen LogP contribution < -0.4 is 15.1 Å². The SMILES string of the molecule is O=C(NC1CC1)c1ccc(N2CCCN(c3nccs3)CC2)c([N+](=O)[O-])c1. The number of benzene rings is 1. The summed E-state index contributed by atoms with van der Waals surface area (Å²) in [6.07, 6.45) is 4.64. The minimum Gasteiger partial charge on any atom is -0.364 e. The number of amides is 1. The van der Waals surface area contributed by atoms with Crippen molar-refractivity contribution in [3.63, 3.8) is 0 Å². The van der Waals surface area contributed by atoms with Crippen LogP contribution in [0.3, 0.4) is 0 Å². The van der Waals surface area contributed by atoms with Crippen molar-refractivity contribution < 1.29 is 9.72 Å². The highest BCUT2D eigenvalue weighted by Gasteiger charge is 2.27. The summed E-state index contributed by atoms with van der Waals surface area (Å²) in [4.78, 5) is 32.1. The minimum atomic E-state index is -0.396. The van der Waals surface area contributed by atoms with Crippen LogP contribution in [-0.2, 0) is 0 Å². The van der Waals surface area contributed by atoms with E-state index in [1.54, 1.807) is 29.7 Å². The van der Waals surface area contributed by atoms with Gasteiger partial charge in [-0.2, -0.15) is 0 Å². The number of aromatic nitrogens is 1. The van der Waals surface area contributed by atoms with Gasteiger partial charge in [0.1, 0.15) is 5.69 Å². The van der Waals surface area contributed by atoms with E-state index in [1.165, 1.54) is 6.07 Å². The number of anilines is 2. The summed E-state index contributed by atoms with van der Waals surface area (Å²) in [5.41, 5.74) is 0.904. The van der Waals surface area contributed by atoms with Crippen LogP contribution in [0.15, 0.2) is 29.8 Å². The van der Waals surface area contributed by atoms with Gasteiger partial charge >= 0.3 is 0 Å². The smallest absolute Gasteiger partial charge is 0.293 e. The quantitative estimate of drug-likeness (QED) is 0.626. The summed E-state index contributed by atoms with van der Waals surface area (Å²) in [5, 5.41) is 17.5. The summed E-state index contributed by atoms with van der Waals surface area (Å²) < 4.78 is 0. The predicted molar refractivity (Wildman–Crippen MR) is 105 cm³/mol. The number of nitrogens with zero attached hydrogens (tertiary/aromatic N) is 4. The number of hydrogen-bond acceptors (Lipinski definition) is 7. The molecule has 1 aliphatic carbocycles. The molecule has 1 N–H and O–H groups in total. The van der Waals surface area contributed by atoms with Gasteiger partial charge in [0.2, 0.25) is 0 Å². The lowest BCUT2D eigenvalue weighted by molar-refractivity contribution is -0.384. The van der Waals surface area contributed by atoms with E-state index in [1.807, 2.05) is 10.3 Å². The number of hydrogen-bond donors (Lipinski definition) is 1. The van der Waals surface area contributed by atoms with Gasteiger partial charge in [-0.1, -0.05) is 0 Å². The van der Waals surface area contributed by atoms with Gasteiger partial charge in [-0.25, -0.2) is 4.98 Å². The molecule has 142 valence electrons. The summed E-state index contributed by atoms with van der Waals surface area (Å²) in [6.45, 7) is 3.04. The highest BCUT2D eigenvalue weighted by atomic mass is 32.1. The zero-order valence-electron chi connectivity index (χ0n) is 14.8. The van der Waals surface area contributed by atoms with Crippen LogP contribution in [0.25, 0.3) is 0 Å². The van der Waals surface area contributed by atoms with Gasteiger partial charge in [-0.15, -0.1) is 11.3 Å². The third-order valence-electron chi connectivity index (χ3n) is 4.87. The first-order valence-electron chi connectivity index (χ1n) is 9.10. The summed E-state index contributed by atoms with van der Waals surface area (Å²) >= 11 is 1.60. The number of carbonyl (C=O) groups is 1. The van der Waals surface area contributed by atoms with Crippen LogP contribution in [0.1, 0.15) is 29.6 Å². The Balaban J connectivity index is 1.53. The van der Waals surface area contributed by atoms with Crippen molar-refractivity contribution in [2.24, 2.45) is 0 Å². The monoisotopic (exact) mass is 387 g/mol. The summed E-state index contributed by atoms with van der Waals surface area (Å²) in [7, 11) is 0. The zero-order valence-corrected chi connectivity index (χ0v) is 15.7. The fraction of sp³-hybridized carbons (Fsp3) is 0.444. The fourth-order valence-electron chi connectivity index (χ4n) is 3.30. The summed E-state index contributed by atoms with van der Waals surface area (Å²) in [6, 6.07) is 5.01. The molecule has 1 amide bonds. The van der Waals surface area contributed by atoms with Gasteiger partial charge in [-0.3, -0.25) is 14.9 Å². The van der Waals surface area contributed by atoms with Gasteiger partial charge in [0.15, 0.2) is 5.13 Å². The average molecular weight is 387 g/mol. The molecule has 1 saturated heterocycles. The molecule has 2 aromatic rings. The number of nitrogens with one attached hydrogen (secondary N) is 1. The van der Waals surface area contributed by atoms with Gasteiger partial charge in [0.05, 0.1) is 4.92 Å². The van der Waals surface area contributed by atoms with E-state index in [2.05, 4.69) is 15.2 Å². The second kappa shape index (κ2) is 7.51. The number of nitro groups is 1. The lowest BCUT2D eigenvalue weighted by Crippen LogP contribution is -2.31. The Kier molecular flexibility index (Phi) is 4.93. The molecular formula is C18H21N5O3S. The standard InChI is InChI=1S/C18H21N5O3S/c24-17(20-14-3-4-14)13-2-5-15(16(12-13)23(25)26)21-7-1-8-22(10-9-21)18-19-6-11-27-18/h2,5-6,11-12,14H,1,3-4,7-10H2,(H,20,24).